The zero-order valence-electron chi connectivity index (χ0n) is 9.65. The number of nitrogens with one attached hydrogen (secondary N) is 1. The molecule has 0 amide bonds. The van der Waals surface area contributed by atoms with Gasteiger partial charge in [0.25, 0.3) is 5.56 Å². The van der Waals surface area contributed by atoms with Crippen molar-refractivity contribution in [2.75, 3.05) is 12.3 Å². The van der Waals surface area contributed by atoms with Gasteiger partial charge in [-0.15, -0.1) is 16.9 Å². The number of nitrogens with zero attached hydrogens (tertiary/aromatic N) is 4. The Kier molecular flexibility index (Phi) is 2.90. The van der Waals surface area contributed by atoms with Gasteiger partial charge < -0.3 is 10.8 Å². The maximum absolute atomic E-state index is 13.6. The Labute approximate surface area is 110 Å². The number of aromatic amines is 1. The summed E-state index contributed by atoms with van der Waals surface area (Å²) >= 11 is 1.25. The lowest BCUT2D eigenvalue weighted by Crippen LogP contribution is -2.16. The van der Waals surface area contributed by atoms with Gasteiger partial charge >= 0.3 is 0 Å². The molecule has 4 N–H and O–H groups in total. The van der Waals surface area contributed by atoms with Crippen LogP contribution in [0.4, 0.5) is 10.3 Å². The zero-order chi connectivity index (χ0) is 13.6. The molecule has 2 aromatic heterocycles. The lowest BCUT2D eigenvalue weighted by molar-refractivity contribution is 0.226. The molecular weight excluding hydrogens is 275 g/mol. The van der Waals surface area contributed by atoms with E-state index in [0.717, 1.165) is 0 Å². The molecule has 8 nitrogen and oxygen atoms in total. The molecule has 0 bridgehead atoms. The number of fused-ring (bicyclic) bond motifs is 1. The Morgan fingerprint density at radius 2 is 2.42 bits per heavy atom. The summed E-state index contributed by atoms with van der Waals surface area (Å²) in [7, 11) is 0. The lowest BCUT2D eigenvalue weighted by atomic mass is 10.2. The molecule has 19 heavy (non-hydrogen) atoms. The minimum absolute atomic E-state index is 0.0421. The number of rotatable bonds is 2. The first-order chi connectivity index (χ1) is 9.10. The van der Waals surface area contributed by atoms with Crippen molar-refractivity contribution < 1.29 is 9.50 Å². The van der Waals surface area contributed by atoms with Crippen LogP contribution in [0, 0.1) is 0 Å². The third kappa shape index (κ3) is 1.96. The molecule has 0 aromatic carbocycles. The average molecular weight is 286 g/mol. The van der Waals surface area contributed by atoms with Crippen LogP contribution < -0.4 is 11.3 Å². The van der Waals surface area contributed by atoms with E-state index in [2.05, 4.69) is 20.3 Å². The van der Waals surface area contributed by atoms with E-state index in [4.69, 9.17) is 10.8 Å². The second-order valence-corrected chi connectivity index (χ2v) is 5.64. The number of H-pyrrole nitrogens is 1. The predicted molar refractivity (Wildman–Crippen MR) is 67.4 cm³/mol. The van der Waals surface area contributed by atoms with Crippen molar-refractivity contribution in [3.63, 3.8) is 0 Å². The second kappa shape index (κ2) is 4.46. The van der Waals surface area contributed by atoms with Gasteiger partial charge in [-0.05, 0) is 0 Å². The third-order valence-corrected chi connectivity index (χ3v) is 4.47. The molecule has 1 aliphatic rings. The Morgan fingerprint density at radius 1 is 1.63 bits per heavy atom. The smallest absolute Gasteiger partial charge is 0.282 e. The maximum Gasteiger partial charge on any atom is 0.282 e. The first-order valence-corrected chi connectivity index (χ1v) is 6.55. The van der Waals surface area contributed by atoms with E-state index < -0.39 is 17.0 Å². The molecule has 3 rings (SSSR count). The lowest BCUT2D eigenvalue weighted by Gasteiger charge is -2.09. The van der Waals surface area contributed by atoms with E-state index in [1.165, 1.54) is 16.4 Å². The number of aliphatic hydroxyl groups is 1. The van der Waals surface area contributed by atoms with Crippen LogP contribution >= 0.6 is 11.8 Å². The van der Waals surface area contributed by atoms with Crippen molar-refractivity contribution in [2.45, 2.75) is 23.2 Å². The van der Waals surface area contributed by atoms with Crippen molar-refractivity contribution in [1.29, 1.82) is 0 Å². The molecule has 0 aliphatic carbocycles. The summed E-state index contributed by atoms with van der Waals surface area (Å²) in [5.41, 5.74) is 5.29. The number of aliphatic hydroxyl groups excluding tert-OH is 1. The van der Waals surface area contributed by atoms with Crippen LogP contribution in [0.3, 0.4) is 0 Å². The van der Waals surface area contributed by atoms with E-state index in [0.29, 0.717) is 0 Å². The Balaban J connectivity index is 2.05. The van der Waals surface area contributed by atoms with Crippen LogP contribution in [0.25, 0.3) is 11.2 Å². The first-order valence-electron chi connectivity index (χ1n) is 5.61. The van der Waals surface area contributed by atoms with Gasteiger partial charge in [-0.1, -0.05) is 5.21 Å². The van der Waals surface area contributed by atoms with Gasteiger partial charge in [0.2, 0.25) is 5.95 Å². The van der Waals surface area contributed by atoms with Crippen LogP contribution in [0.15, 0.2) is 4.79 Å². The number of anilines is 1. The minimum Gasteiger partial charge on any atom is -0.395 e. The highest BCUT2D eigenvalue weighted by Crippen LogP contribution is 2.43. The topological polar surface area (TPSA) is 123 Å². The molecule has 102 valence electrons. The largest absolute Gasteiger partial charge is 0.395 e. The number of nitrogen functional groups attached to an aromatic ring is 1. The standard InChI is InChI=1S/C9H11FN6O2S/c10-3-1-5(19-4(3)2-17)16-7-6(14-15-16)8(18)13-9(11)12-7/h3-5,17H,1-2H2,(H3,11,12,13,18)/t3-,4+,5+/m0/s1. The van der Waals surface area contributed by atoms with E-state index in [-0.39, 0.29) is 35.5 Å². The number of aromatic nitrogens is 5. The van der Waals surface area contributed by atoms with Crippen LogP contribution in [0.5, 0.6) is 0 Å². The highest BCUT2D eigenvalue weighted by atomic mass is 32.2. The number of hydrogen-bond donors (Lipinski definition) is 3. The second-order valence-electron chi connectivity index (χ2n) is 4.22. The molecule has 1 fully saturated rings. The fourth-order valence-corrected chi connectivity index (χ4v) is 3.38. The molecule has 0 spiro atoms. The van der Waals surface area contributed by atoms with Gasteiger partial charge in [-0.2, -0.15) is 4.98 Å². The monoisotopic (exact) mass is 286 g/mol. The maximum atomic E-state index is 13.6. The molecule has 0 saturated carbocycles. The zero-order valence-corrected chi connectivity index (χ0v) is 10.5. The number of alkyl halides is 1. The molecule has 1 saturated heterocycles. The van der Waals surface area contributed by atoms with Crippen LogP contribution in [0.1, 0.15) is 11.8 Å². The average Bonchev–Trinajstić information content (AvgIpc) is 2.92. The number of thioether (sulfide) groups is 1. The summed E-state index contributed by atoms with van der Waals surface area (Å²) in [6.07, 6.45) is -0.943. The summed E-state index contributed by atoms with van der Waals surface area (Å²) < 4.78 is 15.0. The van der Waals surface area contributed by atoms with Crippen LogP contribution in [0.2, 0.25) is 0 Å². The van der Waals surface area contributed by atoms with E-state index in [1.54, 1.807) is 0 Å². The van der Waals surface area contributed by atoms with E-state index >= 15 is 0 Å². The van der Waals surface area contributed by atoms with Crippen LogP contribution in [-0.2, 0) is 0 Å². The summed E-state index contributed by atoms with van der Waals surface area (Å²) in [4.78, 5) is 17.9. The summed E-state index contributed by atoms with van der Waals surface area (Å²) in [5, 5.41) is 15.8. The van der Waals surface area contributed by atoms with Crippen molar-refractivity contribution in [3.8, 4) is 0 Å². The molecule has 0 radical (unpaired) electrons. The summed E-state index contributed by atoms with van der Waals surface area (Å²) in [6.45, 7) is -0.245. The molecule has 2 aromatic rings. The number of hydrogen-bond acceptors (Lipinski definition) is 7. The fraction of sp³-hybridized carbons (Fsp3) is 0.556. The Morgan fingerprint density at radius 3 is 3.11 bits per heavy atom. The molecule has 1 aliphatic heterocycles. The predicted octanol–water partition coefficient (Wildman–Crippen LogP) is -0.569. The Bertz CT molecular complexity index is 672. The van der Waals surface area contributed by atoms with Gasteiger partial charge in [0.15, 0.2) is 11.2 Å². The molecule has 3 atom stereocenters. The number of halogens is 1. The van der Waals surface area contributed by atoms with Crippen molar-refractivity contribution in [3.05, 3.63) is 10.4 Å². The summed E-state index contributed by atoms with van der Waals surface area (Å²) in [5.74, 6) is -0.0421. The minimum atomic E-state index is -1.13. The Hall–Kier alpha value is -1.68. The van der Waals surface area contributed by atoms with Crippen molar-refractivity contribution >= 4 is 28.9 Å². The van der Waals surface area contributed by atoms with Gasteiger partial charge in [-0.25, -0.2) is 9.07 Å². The normalized spacial score (nSPS) is 27.2. The molecule has 0 unspecified atom stereocenters. The highest BCUT2D eigenvalue weighted by Gasteiger charge is 2.37. The van der Waals surface area contributed by atoms with Crippen molar-refractivity contribution in [2.24, 2.45) is 0 Å². The molecule has 3 heterocycles. The van der Waals surface area contributed by atoms with Gasteiger partial charge in [-0.3, -0.25) is 9.78 Å². The van der Waals surface area contributed by atoms with Gasteiger partial charge in [0.1, 0.15) is 11.5 Å². The summed E-state index contributed by atoms with van der Waals surface area (Å²) in [6, 6.07) is 0. The molecule has 10 heteroatoms. The van der Waals surface area contributed by atoms with Crippen LogP contribution in [-0.4, -0.2) is 48.1 Å². The highest BCUT2D eigenvalue weighted by molar-refractivity contribution is 8.00. The van der Waals surface area contributed by atoms with Crippen molar-refractivity contribution in [1.82, 2.24) is 25.0 Å². The fourth-order valence-electron chi connectivity index (χ4n) is 2.05. The number of nitrogens with two attached hydrogens (primary N) is 1. The third-order valence-electron chi connectivity index (χ3n) is 2.97. The first kappa shape index (κ1) is 12.4. The molecular formula is C9H11FN6O2S. The van der Waals surface area contributed by atoms with Gasteiger partial charge in [0.05, 0.1) is 11.9 Å². The van der Waals surface area contributed by atoms with E-state index in [1.807, 2.05) is 0 Å². The van der Waals surface area contributed by atoms with Gasteiger partial charge in [0, 0.05) is 6.42 Å². The SMILES string of the molecule is Nc1nc2c(nnn2[C@H]2C[C@H](F)[C@@H](CO)S2)c(=O)[nH]1. The van der Waals surface area contributed by atoms with E-state index in [9.17, 15) is 9.18 Å². The quantitative estimate of drug-likeness (QED) is 0.675.